The molecule has 0 aliphatic rings. The summed E-state index contributed by atoms with van der Waals surface area (Å²) in [5.41, 5.74) is -4.29. The van der Waals surface area contributed by atoms with Crippen molar-refractivity contribution in [1.29, 1.82) is 0 Å². The number of halogens is 3. The van der Waals surface area contributed by atoms with Crippen molar-refractivity contribution in [2.24, 2.45) is 5.14 Å². The van der Waals surface area contributed by atoms with E-state index in [4.69, 9.17) is 18.9 Å². The monoisotopic (exact) mass is 579 g/mol. The first-order valence-electron chi connectivity index (χ1n) is 9.17. The molecule has 0 saturated heterocycles. The number of hydrogen-bond donors (Lipinski definition) is 2. The zero-order chi connectivity index (χ0) is 24.3. The van der Waals surface area contributed by atoms with E-state index in [1.54, 1.807) is 0 Å². The average Bonchev–Trinajstić information content (AvgIpc) is 3.02. The Balaban J connectivity index is 2.59. The summed E-state index contributed by atoms with van der Waals surface area (Å²) in [7, 11) is -8.64. The largest absolute Gasteiger partial charge is 0.492 e. The highest BCUT2D eigenvalue weighted by atomic mass is 79.9. The van der Waals surface area contributed by atoms with Gasteiger partial charge in [0.25, 0.3) is 0 Å². The van der Waals surface area contributed by atoms with Crippen LogP contribution in [-0.4, -0.2) is 45.1 Å². The lowest BCUT2D eigenvalue weighted by molar-refractivity contribution is 0.0387. The van der Waals surface area contributed by atoms with Crippen LogP contribution in [0.4, 0.5) is 8.78 Å². The lowest BCUT2D eigenvalue weighted by Gasteiger charge is -2.25. The summed E-state index contributed by atoms with van der Waals surface area (Å²) in [6.45, 7) is 2.07. The third-order valence-corrected chi connectivity index (χ3v) is 9.48. The van der Waals surface area contributed by atoms with Crippen molar-refractivity contribution in [3.05, 3.63) is 27.0 Å². The van der Waals surface area contributed by atoms with Crippen molar-refractivity contribution in [2.45, 2.75) is 25.9 Å². The fourth-order valence-corrected chi connectivity index (χ4v) is 7.21. The maximum Gasteiger partial charge on any atom is 0.405 e. The Morgan fingerprint density at radius 2 is 1.88 bits per heavy atom. The van der Waals surface area contributed by atoms with Gasteiger partial charge in [-0.1, -0.05) is 0 Å². The van der Waals surface area contributed by atoms with Gasteiger partial charge in [-0.05, 0) is 48.3 Å². The molecule has 0 saturated carbocycles. The fourth-order valence-electron chi connectivity index (χ4n) is 2.67. The van der Waals surface area contributed by atoms with Crippen LogP contribution in [0.15, 0.2) is 16.6 Å². The van der Waals surface area contributed by atoms with Crippen LogP contribution < -0.4 is 9.88 Å². The Morgan fingerprint density at radius 1 is 1.28 bits per heavy atom. The normalized spacial score (nSPS) is 12.9. The van der Waals surface area contributed by atoms with Gasteiger partial charge in [0, 0.05) is 9.86 Å². The second-order valence-corrected chi connectivity index (χ2v) is 12.0. The van der Waals surface area contributed by atoms with E-state index in [-0.39, 0.29) is 57.9 Å². The van der Waals surface area contributed by atoms with Crippen LogP contribution in [0.25, 0.3) is 10.1 Å². The van der Waals surface area contributed by atoms with Gasteiger partial charge in [-0.3, -0.25) is 4.57 Å². The van der Waals surface area contributed by atoms with Crippen molar-refractivity contribution in [1.82, 2.24) is 0 Å². The maximum atomic E-state index is 15.3. The molecular formula is C17H21BrF2NO8PS2. The fraction of sp³-hybridized carbons (Fsp3) is 0.471. The standard InChI is InChI=1S/C17H21BrF2NO8PS2/c1-3-28-30(24,29-4-2)17(19,20)15-13(18)11-8-10(16(22)23)9-12(14(11)31-15)27-6-5-7-32(21,25)26/h8-9H,3-7H2,1-2H3,(H,22,23)(H2,21,25,26). The quantitative estimate of drug-likeness (QED) is 0.271. The summed E-state index contributed by atoms with van der Waals surface area (Å²) in [5.74, 6) is -1.76. The van der Waals surface area contributed by atoms with Crippen molar-refractivity contribution < 1.29 is 45.4 Å². The highest BCUT2D eigenvalue weighted by Crippen LogP contribution is 2.69. The Kier molecular flexibility index (Phi) is 8.82. The second kappa shape index (κ2) is 10.4. The molecule has 0 aliphatic heterocycles. The number of thiophene rings is 1. The number of ether oxygens (including phenoxy) is 1. The highest BCUT2D eigenvalue weighted by molar-refractivity contribution is 9.10. The van der Waals surface area contributed by atoms with Crippen LogP contribution in [0.3, 0.4) is 0 Å². The summed E-state index contributed by atoms with van der Waals surface area (Å²) in [5, 5.41) is 14.4. The Bertz CT molecular complexity index is 1150. The third-order valence-electron chi connectivity index (χ3n) is 3.99. The lowest BCUT2D eigenvalue weighted by atomic mass is 10.1. The van der Waals surface area contributed by atoms with E-state index in [1.807, 2.05) is 0 Å². The zero-order valence-electron chi connectivity index (χ0n) is 17.0. The number of benzene rings is 1. The zero-order valence-corrected chi connectivity index (χ0v) is 21.1. The first-order valence-corrected chi connectivity index (χ1v) is 14.0. The smallest absolute Gasteiger partial charge is 0.405 e. The van der Waals surface area contributed by atoms with Gasteiger partial charge in [0.1, 0.15) is 10.6 Å². The van der Waals surface area contributed by atoms with E-state index in [1.165, 1.54) is 19.9 Å². The molecule has 0 atom stereocenters. The molecule has 2 rings (SSSR count). The number of rotatable bonds is 12. The first-order chi connectivity index (χ1) is 14.8. The van der Waals surface area contributed by atoms with Crippen molar-refractivity contribution in [3.8, 4) is 5.75 Å². The molecule has 15 heteroatoms. The number of primary sulfonamides is 1. The van der Waals surface area contributed by atoms with Crippen LogP contribution in [0.2, 0.25) is 0 Å². The molecule has 180 valence electrons. The van der Waals surface area contributed by atoms with Crippen molar-refractivity contribution in [2.75, 3.05) is 25.6 Å². The molecule has 3 N–H and O–H groups in total. The molecule has 32 heavy (non-hydrogen) atoms. The Hall–Kier alpha value is -1.15. The number of aromatic carboxylic acids is 1. The topological polar surface area (TPSA) is 142 Å². The van der Waals surface area contributed by atoms with E-state index < -0.39 is 34.1 Å². The van der Waals surface area contributed by atoms with Gasteiger partial charge in [-0.25, -0.2) is 18.4 Å². The van der Waals surface area contributed by atoms with Gasteiger partial charge < -0.3 is 18.9 Å². The molecule has 0 radical (unpaired) electrons. The molecule has 1 aromatic heterocycles. The van der Waals surface area contributed by atoms with E-state index in [9.17, 15) is 22.9 Å². The number of alkyl halides is 2. The molecule has 0 bridgehead atoms. The summed E-state index contributed by atoms with van der Waals surface area (Å²) in [4.78, 5) is 10.8. The van der Waals surface area contributed by atoms with Crippen LogP contribution in [0, 0.1) is 0 Å². The summed E-state index contributed by atoms with van der Waals surface area (Å²) < 4.78 is 80.7. The van der Waals surface area contributed by atoms with Crippen molar-refractivity contribution in [3.63, 3.8) is 0 Å². The van der Waals surface area contributed by atoms with Gasteiger partial charge in [-0.2, -0.15) is 8.78 Å². The minimum Gasteiger partial charge on any atom is -0.492 e. The molecule has 0 fully saturated rings. The van der Waals surface area contributed by atoms with Crippen LogP contribution in [0.1, 0.15) is 35.5 Å². The van der Waals surface area contributed by atoms with E-state index in [2.05, 4.69) is 15.9 Å². The minimum absolute atomic E-state index is 0.00291. The summed E-state index contributed by atoms with van der Waals surface area (Å²) >= 11 is 3.59. The molecule has 0 spiro atoms. The molecule has 0 amide bonds. The highest BCUT2D eigenvalue weighted by Gasteiger charge is 2.57. The molecule has 1 heterocycles. The average molecular weight is 580 g/mol. The summed E-state index contributed by atoms with van der Waals surface area (Å²) in [6, 6.07) is 2.30. The van der Waals surface area contributed by atoms with Crippen LogP contribution >= 0.6 is 34.9 Å². The number of fused-ring (bicyclic) bond motifs is 1. The van der Waals surface area contributed by atoms with Crippen LogP contribution in [0.5, 0.6) is 5.75 Å². The Morgan fingerprint density at radius 3 is 2.38 bits per heavy atom. The van der Waals surface area contributed by atoms with Gasteiger partial charge in [0.2, 0.25) is 10.0 Å². The van der Waals surface area contributed by atoms with Gasteiger partial charge in [-0.15, -0.1) is 11.3 Å². The number of sulfonamides is 1. The minimum atomic E-state index is -4.91. The molecule has 0 aliphatic carbocycles. The predicted octanol–water partition coefficient (Wildman–Crippen LogP) is 4.73. The maximum absolute atomic E-state index is 15.3. The number of hydrogen-bond acceptors (Lipinski definition) is 8. The van der Waals surface area contributed by atoms with Crippen molar-refractivity contribution >= 4 is 60.9 Å². The Labute approximate surface area is 195 Å². The molecule has 9 nitrogen and oxygen atoms in total. The first kappa shape index (κ1) is 27.1. The second-order valence-electron chi connectivity index (χ2n) is 6.34. The lowest BCUT2D eigenvalue weighted by Crippen LogP contribution is -2.18. The summed E-state index contributed by atoms with van der Waals surface area (Å²) in [6.07, 6.45) is -0.00291. The third kappa shape index (κ3) is 5.85. The van der Waals surface area contributed by atoms with E-state index >= 15 is 8.78 Å². The van der Waals surface area contributed by atoms with Gasteiger partial charge in [0.05, 0.1) is 35.8 Å². The molecule has 2 aromatic rings. The van der Waals surface area contributed by atoms with E-state index in [0.717, 1.165) is 6.07 Å². The number of carboxylic acids is 1. The molecule has 0 unspecified atom stereocenters. The van der Waals surface area contributed by atoms with Gasteiger partial charge >= 0.3 is 19.2 Å². The molecular weight excluding hydrogens is 559 g/mol. The predicted molar refractivity (Wildman–Crippen MR) is 119 cm³/mol. The number of carboxylic acid groups (broad SMARTS) is 1. The molecule has 1 aromatic carbocycles. The van der Waals surface area contributed by atoms with Crippen LogP contribution in [-0.2, 0) is 29.3 Å². The number of carbonyl (C=O) groups is 1. The van der Waals surface area contributed by atoms with Gasteiger partial charge in [0.15, 0.2) is 0 Å². The van der Waals surface area contributed by atoms with E-state index in [0.29, 0.717) is 11.3 Å². The SMILES string of the molecule is CCOP(=O)(OCC)C(F)(F)c1sc2c(OCCCS(N)(=O)=O)cc(C(=O)O)cc2c1Br. The number of nitrogens with two attached hydrogens (primary N) is 1.